The second kappa shape index (κ2) is 7.46. The van der Waals surface area contributed by atoms with Crippen molar-refractivity contribution in [3.05, 3.63) is 70.2 Å². The number of anilines is 2. The molecular formula is C19H15ClN4O2S. The molecule has 0 bridgehead atoms. The molecule has 0 unspecified atom stereocenters. The van der Waals surface area contributed by atoms with Gasteiger partial charge in [-0.2, -0.15) is 0 Å². The van der Waals surface area contributed by atoms with Crippen LogP contribution in [0.5, 0.6) is 0 Å². The van der Waals surface area contributed by atoms with Gasteiger partial charge in [-0.15, -0.1) is 10.2 Å². The zero-order valence-electron chi connectivity index (χ0n) is 14.1. The molecule has 0 spiro atoms. The fourth-order valence-electron chi connectivity index (χ4n) is 2.98. The lowest BCUT2D eigenvalue weighted by atomic mass is 10.1. The van der Waals surface area contributed by atoms with Crippen LogP contribution in [0, 0.1) is 0 Å². The van der Waals surface area contributed by atoms with Crippen molar-refractivity contribution in [3.8, 4) is 0 Å². The molecule has 0 aliphatic carbocycles. The number of amides is 2. The molecule has 1 aliphatic heterocycles. The molecule has 27 heavy (non-hydrogen) atoms. The molecule has 2 heterocycles. The maximum Gasteiger partial charge on any atom is 0.257 e. The smallest absolute Gasteiger partial charge is 0.257 e. The van der Waals surface area contributed by atoms with Crippen LogP contribution in [0.2, 0.25) is 5.02 Å². The zero-order chi connectivity index (χ0) is 18.8. The molecule has 1 saturated heterocycles. The molecule has 2 amide bonds. The van der Waals surface area contributed by atoms with E-state index in [9.17, 15) is 9.59 Å². The molecule has 0 saturated carbocycles. The monoisotopic (exact) mass is 398 g/mol. The van der Waals surface area contributed by atoms with Crippen LogP contribution >= 0.6 is 22.9 Å². The van der Waals surface area contributed by atoms with Gasteiger partial charge < -0.3 is 4.90 Å². The quantitative estimate of drug-likeness (QED) is 0.721. The number of aromatic nitrogens is 2. The van der Waals surface area contributed by atoms with E-state index in [1.165, 1.54) is 11.3 Å². The van der Waals surface area contributed by atoms with Crippen LogP contribution in [0.4, 0.5) is 10.8 Å². The van der Waals surface area contributed by atoms with E-state index in [0.29, 0.717) is 28.7 Å². The van der Waals surface area contributed by atoms with Gasteiger partial charge in [0, 0.05) is 35.2 Å². The van der Waals surface area contributed by atoms with Gasteiger partial charge >= 0.3 is 0 Å². The Balaban J connectivity index is 1.45. The molecule has 136 valence electrons. The fraction of sp³-hybridized carbons (Fsp3) is 0.158. The Hall–Kier alpha value is -2.77. The summed E-state index contributed by atoms with van der Waals surface area (Å²) in [5.41, 5.74) is 1.33. The number of hydrogen-bond donors (Lipinski definition) is 1. The van der Waals surface area contributed by atoms with Crippen LogP contribution in [0.15, 0.2) is 54.6 Å². The summed E-state index contributed by atoms with van der Waals surface area (Å²) in [5, 5.41) is 12.6. The number of nitrogens with one attached hydrogen (secondary N) is 1. The van der Waals surface area contributed by atoms with Crippen molar-refractivity contribution in [2.45, 2.75) is 12.3 Å². The third-order valence-electron chi connectivity index (χ3n) is 4.29. The van der Waals surface area contributed by atoms with E-state index in [1.807, 2.05) is 30.3 Å². The summed E-state index contributed by atoms with van der Waals surface area (Å²) < 4.78 is 0. The van der Waals surface area contributed by atoms with Crippen LogP contribution in [0.3, 0.4) is 0 Å². The van der Waals surface area contributed by atoms with Crippen molar-refractivity contribution >= 4 is 45.6 Å². The van der Waals surface area contributed by atoms with Gasteiger partial charge in [0.1, 0.15) is 5.01 Å². The van der Waals surface area contributed by atoms with E-state index < -0.39 is 0 Å². The molecule has 1 aliphatic rings. The number of rotatable bonds is 4. The van der Waals surface area contributed by atoms with Gasteiger partial charge in [-0.3, -0.25) is 14.9 Å². The van der Waals surface area contributed by atoms with Gasteiger partial charge in [0.05, 0.1) is 0 Å². The Labute approximate surface area is 164 Å². The Bertz CT molecular complexity index is 992. The Morgan fingerprint density at radius 1 is 1.15 bits per heavy atom. The van der Waals surface area contributed by atoms with Gasteiger partial charge in [-0.1, -0.05) is 47.2 Å². The van der Waals surface area contributed by atoms with Gasteiger partial charge in [-0.25, -0.2) is 0 Å². The van der Waals surface area contributed by atoms with Gasteiger partial charge in [0.15, 0.2) is 0 Å². The Morgan fingerprint density at radius 3 is 2.74 bits per heavy atom. The highest BCUT2D eigenvalue weighted by atomic mass is 35.5. The maximum absolute atomic E-state index is 12.4. The molecule has 8 heteroatoms. The molecule has 0 radical (unpaired) electrons. The Kier molecular flexibility index (Phi) is 4.87. The summed E-state index contributed by atoms with van der Waals surface area (Å²) >= 11 is 7.21. The first kappa shape index (κ1) is 17.6. The molecule has 1 fully saturated rings. The van der Waals surface area contributed by atoms with Crippen molar-refractivity contribution in [1.29, 1.82) is 0 Å². The first-order chi connectivity index (χ1) is 13.1. The molecule has 1 aromatic heterocycles. The van der Waals surface area contributed by atoms with Gasteiger partial charge in [0.25, 0.3) is 5.91 Å². The van der Waals surface area contributed by atoms with E-state index in [2.05, 4.69) is 15.5 Å². The summed E-state index contributed by atoms with van der Waals surface area (Å²) in [6.07, 6.45) is 0.381. The van der Waals surface area contributed by atoms with Crippen molar-refractivity contribution in [2.75, 3.05) is 16.8 Å². The number of halogens is 1. The minimum absolute atomic E-state index is 0.0352. The number of hydrogen-bond acceptors (Lipinski definition) is 5. The number of nitrogens with zero attached hydrogens (tertiary/aromatic N) is 3. The standard InChI is InChI=1S/C19H15ClN4O2S/c20-14-6-4-5-12(9-14)17(26)21-19-23-22-18(27-19)13-10-16(25)24(11-13)15-7-2-1-3-8-15/h1-9,13H,10-11H2,(H,21,23,26)/t13-/m1/s1. The topological polar surface area (TPSA) is 75.2 Å². The van der Waals surface area contributed by atoms with E-state index in [1.54, 1.807) is 29.2 Å². The lowest BCUT2D eigenvalue weighted by molar-refractivity contribution is -0.117. The molecule has 1 N–H and O–H groups in total. The largest absolute Gasteiger partial charge is 0.312 e. The van der Waals surface area contributed by atoms with Crippen LogP contribution in [0.1, 0.15) is 27.7 Å². The number of carbonyl (C=O) groups excluding carboxylic acids is 2. The second-order valence-corrected chi connectivity index (χ2v) is 7.60. The van der Waals surface area contributed by atoms with E-state index in [4.69, 9.17) is 11.6 Å². The third kappa shape index (κ3) is 3.84. The van der Waals surface area contributed by atoms with Gasteiger partial charge in [-0.05, 0) is 30.3 Å². The summed E-state index contributed by atoms with van der Waals surface area (Å²) in [6, 6.07) is 16.2. The Morgan fingerprint density at radius 2 is 1.96 bits per heavy atom. The minimum Gasteiger partial charge on any atom is -0.312 e. The lowest BCUT2D eigenvalue weighted by Crippen LogP contribution is -2.24. The molecule has 1 atom stereocenters. The first-order valence-electron chi connectivity index (χ1n) is 8.36. The first-order valence-corrected chi connectivity index (χ1v) is 9.55. The average Bonchev–Trinajstić information content (AvgIpc) is 3.29. The predicted molar refractivity (Wildman–Crippen MR) is 105 cm³/mol. The number of carbonyl (C=O) groups is 2. The average molecular weight is 399 g/mol. The van der Waals surface area contributed by atoms with Crippen LogP contribution in [-0.4, -0.2) is 28.6 Å². The zero-order valence-corrected chi connectivity index (χ0v) is 15.7. The number of benzene rings is 2. The van der Waals surface area contributed by atoms with Crippen molar-refractivity contribution in [3.63, 3.8) is 0 Å². The van der Waals surface area contributed by atoms with Gasteiger partial charge in [0.2, 0.25) is 11.0 Å². The third-order valence-corrected chi connectivity index (χ3v) is 5.53. The fourth-order valence-corrected chi connectivity index (χ4v) is 4.00. The number of para-hydroxylation sites is 1. The lowest BCUT2D eigenvalue weighted by Gasteiger charge is -2.15. The molecule has 3 aromatic rings. The van der Waals surface area contributed by atoms with Crippen LogP contribution < -0.4 is 10.2 Å². The molecule has 6 nitrogen and oxygen atoms in total. The summed E-state index contributed by atoms with van der Waals surface area (Å²) in [6.45, 7) is 0.555. The van der Waals surface area contributed by atoms with Crippen LogP contribution in [0.25, 0.3) is 0 Å². The summed E-state index contributed by atoms with van der Waals surface area (Å²) in [5.74, 6) is -0.272. The van der Waals surface area contributed by atoms with E-state index in [0.717, 1.165) is 10.7 Å². The molecule has 4 rings (SSSR count). The molecule has 2 aromatic carbocycles. The second-order valence-electron chi connectivity index (χ2n) is 6.15. The normalized spacial score (nSPS) is 16.6. The van der Waals surface area contributed by atoms with Crippen molar-refractivity contribution in [1.82, 2.24) is 10.2 Å². The SMILES string of the molecule is O=C(Nc1nnc([C@@H]2CC(=O)N(c3ccccc3)C2)s1)c1cccc(Cl)c1. The van der Waals surface area contributed by atoms with Crippen molar-refractivity contribution < 1.29 is 9.59 Å². The minimum atomic E-state index is -0.298. The van der Waals surface area contributed by atoms with E-state index in [-0.39, 0.29) is 17.7 Å². The predicted octanol–water partition coefficient (Wildman–Crippen LogP) is 3.96. The van der Waals surface area contributed by atoms with Crippen LogP contribution in [-0.2, 0) is 4.79 Å². The summed E-state index contributed by atoms with van der Waals surface area (Å²) in [4.78, 5) is 26.4. The molecular weight excluding hydrogens is 384 g/mol. The highest BCUT2D eigenvalue weighted by Crippen LogP contribution is 2.34. The van der Waals surface area contributed by atoms with E-state index >= 15 is 0 Å². The maximum atomic E-state index is 12.4. The highest BCUT2D eigenvalue weighted by molar-refractivity contribution is 7.15. The summed E-state index contributed by atoms with van der Waals surface area (Å²) in [7, 11) is 0. The van der Waals surface area contributed by atoms with Crippen molar-refractivity contribution in [2.24, 2.45) is 0 Å². The highest BCUT2D eigenvalue weighted by Gasteiger charge is 2.33.